The van der Waals surface area contributed by atoms with Crippen LogP contribution in [-0.2, 0) is 0 Å². The second-order valence-corrected chi connectivity index (χ2v) is 5.35. The minimum atomic E-state index is -0.543. The Labute approximate surface area is 116 Å². The van der Waals surface area contributed by atoms with E-state index in [-0.39, 0.29) is 10.7 Å². The van der Waals surface area contributed by atoms with Crippen LogP contribution in [0.25, 0.3) is 0 Å². The number of alkyl halides is 2. The number of benzene rings is 1. The number of rotatable bonds is 5. The summed E-state index contributed by atoms with van der Waals surface area (Å²) < 4.78 is 0. The van der Waals surface area contributed by atoms with Crippen molar-refractivity contribution >= 4 is 43.7 Å². The molecule has 1 aromatic rings. The molecule has 1 rings (SSSR count). The summed E-state index contributed by atoms with van der Waals surface area (Å²) in [5.41, 5.74) is 5.90. The highest BCUT2D eigenvalue weighted by Gasteiger charge is 2.09. The lowest BCUT2D eigenvalue weighted by molar-refractivity contribution is 0.0954. The highest BCUT2D eigenvalue weighted by atomic mass is 79.9. The predicted molar refractivity (Wildman–Crippen MR) is 73.8 cm³/mol. The second kappa shape index (κ2) is 6.76. The van der Waals surface area contributed by atoms with Gasteiger partial charge in [0.15, 0.2) is 0 Å². The molecule has 0 radical (unpaired) electrons. The average Bonchev–Trinajstić information content (AvgIpc) is 2.35. The van der Waals surface area contributed by atoms with E-state index in [2.05, 4.69) is 37.2 Å². The fraction of sp³-hybridized carbons (Fsp3) is 0.273. The summed E-state index contributed by atoms with van der Waals surface area (Å²) in [5, 5.41) is 3.49. The summed E-state index contributed by atoms with van der Waals surface area (Å²) in [6.45, 7) is 0.505. The predicted octanol–water partition coefficient (Wildman–Crippen LogP) is 1.67. The maximum absolute atomic E-state index is 11.7. The first-order valence-electron chi connectivity index (χ1n) is 4.92. The minimum Gasteiger partial charge on any atom is -0.366 e. The Hall–Kier alpha value is -0.880. The Bertz CT molecular complexity index is 424. The maximum Gasteiger partial charge on any atom is 0.251 e. The molecular formula is C11H12Br2N2O2. The van der Waals surface area contributed by atoms with E-state index in [0.717, 1.165) is 5.33 Å². The Morgan fingerprint density at radius 2 is 2.00 bits per heavy atom. The van der Waals surface area contributed by atoms with Crippen molar-refractivity contribution in [2.45, 2.75) is 4.83 Å². The van der Waals surface area contributed by atoms with Crippen molar-refractivity contribution < 1.29 is 9.59 Å². The van der Waals surface area contributed by atoms with Gasteiger partial charge >= 0.3 is 0 Å². The van der Waals surface area contributed by atoms with Crippen LogP contribution >= 0.6 is 31.9 Å². The van der Waals surface area contributed by atoms with E-state index in [0.29, 0.717) is 17.7 Å². The lowest BCUT2D eigenvalue weighted by atomic mass is 10.1. The lowest BCUT2D eigenvalue weighted by Gasteiger charge is -2.08. The van der Waals surface area contributed by atoms with E-state index in [1.165, 1.54) is 6.07 Å². The third-order valence-corrected chi connectivity index (χ3v) is 4.36. The molecule has 0 aliphatic heterocycles. The SMILES string of the molecule is NC(=O)c1cccc(C(=O)NCC(Br)CBr)c1. The Kier molecular flexibility index (Phi) is 5.64. The molecule has 0 heterocycles. The van der Waals surface area contributed by atoms with Crippen LogP contribution in [0.5, 0.6) is 0 Å². The zero-order chi connectivity index (χ0) is 12.8. The van der Waals surface area contributed by atoms with Gasteiger partial charge in [-0.15, -0.1) is 0 Å². The van der Waals surface area contributed by atoms with Crippen molar-refractivity contribution in [3.05, 3.63) is 35.4 Å². The molecule has 4 nitrogen and oxygen atoms in total. The average molecular weight is 364 g/mol. The summed E-state index contributed by atoms with van der Waals surface area (Å²) in [6.07, 6.45) is 0. The molecule has 92 valence electrons. The molecule has 0 aliphatic rings. The maximum atomic E-state index is 11.7. The molecule has 0 aliphatic carbocycles. The summed E-state index contributed by atoms with van der Waals surface area (Å²) >= 11 is 6.67. The van der Waals surface area contributed by atoms with E-state index in [4.69, 9.17) is 5.73 Å². The standard InChI is InChI=1S/C11H12Br2N2O2/c12-5-9(13)6-15-11(17)8-3-1-2-7(4-8)10(14)16/h1-4,9H,5-6H2,(H2,14,16)(H,15,17). The number of carbonyl (C=O) groups excluding carboxylic acids is 2. The van der Waals surface area contributed by atoms with E-state index < -0.39 is 5.91 Å². The summed E-state index contributed by atoms with van der Waals surface area (Å²) in [7, 11) is 0. The molecule has 17 heavy (non-hydrogen) atoms. The second-order valence-electron chi connectivity index (χ2n) is 3.41. The van der Waals surface area contributed by atoms with Crippen LogP contribution in [0.4, 0.5) is 0 Å². The van der Waals surface area contributed by atoms with Gasteiger partial charge in [-0.05, 0) is 18.2 Å². The fourth-order valence-electron chi connectivity index (χ4n) is 1.17. The molecule has 0 aromatic heterocycles. The fourth-order valence-corrected chi connectivity index (χ4v) is 1.56. The first kappa shape index (κ1) is 14.2. The molecule has 1 unspecified atom stereocenters. The van der Waals surface area contributed by atoms with Crippen LogP contribution in [0.3, 0.4) is 0 Å². The molecule has 1 aromatic carbocycles. The monoisotopic (exact) mass is 362 g/mol. The van der Waals surface area contributed by atoms with E-state index in [9.17, 15) is 9.59 Å². The highest BCUT2D eigenvalue weighted by molar-refractivity contribution is 9.12. The topological polar surface area (TPSA) is 72.2 Å². The van der Waals surface area contributed by atoms with E-state index >= 15 is 0 Å². The summed E-state index contributed by atoms with van der Waals surface area (Å²) in [6, 6.07) is 6.32. The number of nitrogens with one attached hydrogen (secondary N) is 1. The minimum absolute atomic E-state index is 0.172. The van der Waals surface area contributed by atoms with E-state index in [1.807, 2.05) is 0 Å². The summed E-state index contributed by atoms with van der Waals surface area (Å²) in [4.78, 5) is 22.9. The third-order valence-electron chi connectivity index (χ3n) is 2.06. The van der Waals surface area contributed by atoms with E-state index in [1.54, 1.807) is 18.2 Å². The van der Waals surface area contributed by atoms with Gasteiger partial charge in [-0.1, -0.05) is 37.9 Å². The molecule has 6 heteroatoms. The van der Waals surface area contributed by atoms with Crippen LogP contribution in [0, 0.1) is 0 Å². The van der Waals surface area contributed by atoms with Gasteiger partial charge < -0.3 is 11.1 Å². The molecule has 2 amide bonds. The number of halogens is 2. The molecule has 0 spiro atoms. The van der Waals surface area contributed by atoms with Gasteiger partial charge in [-0.25, -0.2) is 0 Å². The van der Waals surface area contributed by atoms with Crippen LogP contribution in [0.15, 0.2) is 24.3 Å². The molecule has 0 saturated carbocycles. The Morgan fingerprint density at radius 1 is 1.35 bits per heavy atom. The number of carbonyl (C=O) groups is 2. The molecule has 0 saturated heterocycles. The normalized spacial score (nSPS) is 11.9. The van der Waals surface area contributed by atoms with Crippen molar-refractivity contribution in [1.29, 1.82) is 0 Å². The van der Waals surface area contributed by atoms with Crippen LogP contribution in [0.2, 0.25) is 0 Å². The van der Waals surface area contributed by atoms with Crippen molar-refractivity contribution in [2.24, 2.45) is 5.73 Å². The summed E-state index contributed by atoms with van der Waals surface area (Å²) in [5.74, 6) is -0.767. The van der Waals surface area contributed by atoms with Gasteiger partial charge in [0, 0.05) is 27.8 Å². The number of hydrogen-bond acceptors (Lipinski definition) is 2. The largest absolute Gasteiger partial charge is 0.366 e. The Morgan fingerprint density at radius 3 is 2.59 bits per heavy atom. The molecule has 1 atom stereocenters. The van der Waals surface area contributed by atoms with Gasteiger partial charge in [-0.3, -0.25) is 9.59 Å². The first-order chi connectivity index (χ1) is 8.04. The van der Waals surface area contributed by atoms with Crippen molar-refractivity contribution in [2.75, 3.05) is 11.9 Å². The third kappa shape index (κ3) is 4.47. The van der Waals surface area contributed by atoms with Crippen molar-refractivity contribution in [3.63, 3.8) is 0 Å². The highest BCUT2D eigenvalue weighted by Crippen LogP contribution is 2.06. The van der Waals surface area contributed by atoms with Gasteiger partial charge in [0.2, 0.25) is 5.91 Å². The smallest absolute Gasteiger partial charge is 0.251 e. The molecule has 0 bridgehead atoms. The van der Waals surface area contributed by atoms with Crippen molar-refractivity contribution in [3.8, 4) is 0 Å². The zero-order valence-corrected chi connectivity index (χ0v) is 12.1. The van der Waals surface area contributed by atoms with Crippen LogP contribution in [-0.4, -0.2) is 28.5 Å². The van der Waals surface area contributed by atoms with Gasteiger partial charge in [0.1, 0.15) is 0 Å². The molecule has 0 fully saturated rings. The number of primary amides is 1. The van der Waals surface area contributed by atoms with Gasteiger partial charge in [0.25, 0.3) is 5.91 Å². The molecule has 3 N–H and O–H groups in total. The quantitative estimate of drug-likeness (QED) is 0.781. The van der Waals surface area contributed by atoms with Crippen molar-refractivity contribution in [1.82, 2.24) is 5.32 Å². The van der Waals surface area contributed by atoms with Gasteiger partial charge in [0.05, 0.1) is 0 Å². The number of nitrogens with two attached hydrogens (primary N) is 1. The molecular weight excluding hydrogens is 352 g/mol. The first-order valence-corrected chi connectivity index (χ1v) is 6.96. The van der Waals surface area contributed by atoms with Crippen LogP contribution in [0.1, 0.15) is 20.7 Å². The number of amides is 2. The van der Waals surface area contributed by atoms with Gasteiger partial charge in [-0.2, -0.15) is 0 Å². The van der Waals surface area contributed by atoms with Crippen LogP contribution < -0.4 is 11.1 Å². The zero-order valence-electron chi connectivity index (χ0n) is 8.95. The number of hydrogen-bond donors (Lipinski definition) is 2. The lowest BCUT2D eigenvalue weighted by Crippen LogP contribution is -2.30. The Balaban J connectivity index is 2.69.